The second-order valence-electron chi connectivity index (χ2n) is 9.17. The van der Waals surface area contributed by atoms with E-state index < -0.39 is 11.6 Å². The van der Waals surface area contributed by atoms with E-state index in [0.29, 0.717) is 39.8 Å². The SMILES string of the molecule is COc1ccc(CCC2(C3CCCC3)CC(O)=C(Sc3nc4c(O)cccc4[nH]3)C(=O)O2)cc1Cl. The first-order valence-electron chi connectivity index (χ1n) is 11.7. The van der Waals surface area contributed by atoms with Gasteiger partial charge >= 0.3 is 5.97 Å². The number of aromatic amines is 1. The number of aromatic nitrogens is 2. The molecular formula is C26H27ClN2O5S. The van der Waals surface area contributed by atoms with Crippen LogP contribution in [-0.4, -0.2) is 38.9 Å². The highest BCUT2D eigenvalue weighted by molar-refractivity contribution is 8.03. The van der Waals surface area contributed by atoms with Crippen molar-refractivity contribution in [3.63, 3.8) is 0 Å². The molecule has 1 atom stereocenters. The lowest BCUT2D eigenvalue weighted by Crippen LogP contribution is -2.45. The summed E-state index contributed by atoms with van der Waals surface area (Å²) in [7, 11) is 1.58. The molecule has 35 heavy (non-hydrogen) atoms. The molecule has 2 heterocycles. The van der Waals surface area contributed by atoms with Crippen LogP contribution in [0.15, 0.2) is 52.2 Å². The Morgan fingerprint density at radius 3 is 2.74 bits per heavy atom. The number of thioether (sulfide) groups is 1. The van der Waals surface area contributed by atoms with E-state index in [1.165, 1.54) is 0 Å². The van der Waals surface area contributed by atoms with Gasteiger partial charge in [-0.1, -0.05) is 36.6 Å². The fraction of sp³-hybridized carbons (Fsp3) is 0.385. The number of fused-ring (bicyclic) bond motifs is 1. The van der Waals surface area contributed by atoms with Crippen molar-refractivity contribution < 1.29 is 24.5 Å². The van der Waals surface area contributed by atoms with Crippen LogP contribution in [0, 0.1) is 5.92 Å². The molecule has 1 saturated carbocycles. The number of nitrogens with zero attached hydrogens (tertiary/aromatic N) is 1. The van der Waals surface area contributed by atoms with Crippen molar-refractivity contribution in [3.8, 4) is 11.5 Å². The Morgan fingerprint density at radius 1 is 1.26 bits per heavy atom. The number of para-hydroxylation sites is 1. The quantitative estimate of drug-likeness (QED) is 0.318. The summed E-state index contributed by atoms with van der Waals surface area (Å²) in [5.74, 6) is 0.343. The number of nitrogens with one attached hydrogen (secondary N) is 1. The van der Waals surface area contributed by atoms with Crippen molar-refractivity contribution >= 4 is 40.4 Å². The maximum absolute atomic E-state index is 13.2. The van der Waals surface area contributed by atoms with Gasteiger partial charge < -0.3 is 24.7 Å². The summed E-state index contributed by atoms with van der Waals surface area (Å²) in [6.07, 6.45) is 5.63. The number of cyclic esters (lactones) is 1. The number of aliphatic hydroxyl groups is 1. The van der Waals surface area contributed by atoms with E-state index >= 15 is 0 Å². The molecule has 0 saturated heterocycles. The minimum atomic E-state index is -0.764. The Bertz CT molecular complexity index is 1300. The first-order chi connectivity index (χ1) is 16.9. The zero-order valence-electron chi connectivity index (χ0n) is 19.3. The smallest absolute Gasteiger partial charge is 0.349 e. The second kappa shape index (κ2) is 9.66. The van der Waals surface area contributed by atoms with E-state index in [2.05, 4.69) is 9.97 Å². The lowest BCUT2D eigenvalue weighted by Gasteiger charge is -2.41. The van der Waals surface area contributed by atoms with Gasteiger partial charge in [-0.05, 0) is 73.2 Å². The third-order valence-electron chi connectivity index (χ3n) is 7.03. The van der Waals surface area contributed by atoms with Crippen LogP contribution in [0.3, 0.4) is 0 Å². The number of rotatable bonds is 7. The molecule has 0 spiro atoms. The fourth-order valence-corrected chi connectivity index (χ4v) is 6.32. The number of halogens is 1. The van der Waals surface area contributed by atoms with Crippen LogP contribution < -0.4 is 4.74 Å². The van der Waals surface area contributed by atoms with E-state index in [0.717, 1.165) is 43.0 Å². The standard InChI is InChI=1S/C26H27ClN2O5S/c1-33-21-10-9-15(13-17(21)27)11-12-26(16-5-2-3-6-16)14-20(31)23(24(32)34-26)35-25-28-18-7-4-8-19(30)22(18)29-25/h4,7-10,13,16,30-31H,2-3,5-6,11-12,14H2,1H3,(H,28,29). The Morgan fingerprint density at radius 2 is 2.06 bits per heavy atom. The number of phenols is 1. The first kappa shape index (κ1) is 23.9. The topological polar surface area (TPSA) is 105 Å². The molecule has 9 heteroatoms. The molecule has 1 aliphatic carbocycles. The van der Waals surface area contributed by atoms with Crippen LogP contribution in [0.4, 0.5) is 0 Å². The van der Waals surface area contributed by atoms with Crippen LogP contribution in [0.2, 0.25) is 5.02 Å². The number of benzene rings is 2. The van der Waals surface area contributed by atoms with Gasteiger partial charge in [-0.3, -0.25) is 0 Å². The number of hydrogen-bond donors (Lipinski definition) is 3. The minimum Gasteiger partial charge on any atom is -0.511 e. The molecule has 184 valence electrons. The number of imidazole rings is 1. The van der Waals surface area contributed by atoms with Crippen molar-refractivity contribution in [2.24, 2.45) is 5.92 Å². The zero-order chi connectivity index (χ0) is 24.6. The monoisotopic (exact) mass is 514 g/mol. The predicted octanol–water partition coefficient (Wildman–Crippen LogP) is 6.30. The van der Waals surface area contributed by atoms with Crippen LogP contribution in [-0.2, 0) is 16.0 Å². The Balaban J connectivity index is 1.40. The highest BCUT2D eigenvalue weighted by Gasteiger charge is 2.48. The largest absolute Gasteiger partial charge is 0.511 e. The summed E-state index contributed by atoms with van der Waals surface area (Å²) in [5.41, 5.74) is 1.32. The second-order valence-corrected chi connectivity index (χ2v) is 10.6. The van der Waals surface area contributed by atoms with Gasteiger partial charge in [0.15, 0.2) is 5.16 Å². The molecular weight excluding hydrogens is 488 g/mol. The van der Waals surface area contributed by atoms with Crippen LogP contribution >= 0.6 is 23.4 Å². The number of aromatic hydroxyl groups is 1. The molecule has 2 aliphatic rings. The molecule has 1 fully saturated rings. The van der Waals surface area contributed by atoms with Gasteiger partial charge in [0.25, 0.3) is 0 Å². The minimum absolute atomic E-state index is 0.0237. The fourth-order valence-electron chi connectivity index (χ4n) is 5.23. The maximum Gasteiger partial charge on any atom is 0.349 e. The van der Waals surface area contributed by atoms with Crippen LogP contribution in [0.25, 0.3) is 11.0 Å². The van der Waals surface area contributed by atoms with Crippen molar-refractivity contribution in [3.05, 3.63) is 57.6 Å². The third kappa shape index (κ3) is 4.69. The summed E-state index contributed by atoms with van der Waals surface area (Å²) >= 11 is 7.33. The molecule has 3 N–H and O–H groups in total. The molecule has 5 rings (SSSR count). The average Bonchev–Trinajstić information content (AvgIpc) is 3.51. The lowest BCUT2D eigenvalue weighted by molar-refractivity contribution is -0.166. The highest BCUT2D eigenvalue weighted by atomic mass is 35.5. The van der Waals surface area contributed by atoms with Gasteiger partial charge in [-0.25, -0.2) is 9.78 Å². The Labute approximate surface area is 212 Å². The molecule has 7 nitrogen and oxygen atoms in total. The Kier molecular flexibility index (Phi) is 6.59. The summed E-state index contributed by atoms with van der Waals surface area (Å²) < 4.78 is 11.4. The molecule has 0 bridgehead atoms. The van der Waals surface area contributed by atoms with E-state index in [1.54, 1.807) is 25.3 Å². The number of esters is 1. The normalized spacial score (nSPS) is 21.0. The third-order valence-corrected chi connectivity index (χ3v) is 8.32. The number of aryl methyl sites for hydroxylation is 1. The van der Waals surface area contributed by atoms with Crippen LogP contribution in [0.1, 0.15) is 44.1 Å². The van der Waals surface area contributed by atoms with E-state index in [4.69, 9.17) is 21.1 Å². The van der Waals surface area contributed by atoms with E-state index in [-0.39, 0.29) is 28.8 Å². The van der Waals surface area contributed by atoms with Crippen molar-refractivity contribution in [2.45, 2.75) is 55.7 Å². The molecule has 1 unspecified atom stereocenters. The number of ether oxygens (including phenoxy) is 2. The number of carbonyl (C=O) groups excluding carboxylic acids is 1. The maximum atomic E-state index is 13.2. The average molecular weight is 515 g/mol. The highest BCUT2D eigenvalue weighted by Crippen LogP contribution is 2.48. The van der Waals surface area contributed by atoms with E-state index in [1.807, 2.05) is 18.2 Å². The van der Waals surface area contributed by atoms with Gasteiger partial charge in [-0.15, -0.1) is 0 Å². The number of methoxy groups -OCH3 is 1. The van der Waals surface area contributed by atoms with Crippen molar-refractivity contribution in [1.82, 2.24) is 9.97 Å². The molecule has 1 aromatic heterocycles. The number of hydrogen-bond acceptors (Lipinski definition) is 7. The summed E-state index contributed by atoms with van der Waals surface area (Å²) in [6, 6.07) is 10.7. The summed E-state index contributed by atoms with van der Waals surface area (Å²) in [5, 5.41) is 22.0. The summed E-state index contributed by atoms with van der Waals surface area (Å²) in [4.78, 5) is 20.8. The number of phenolic OH excluding ortho intramolecular Hbond substituents is 1. The zero-order valence-corrected chi connectivity index (χ0v) is 20.9. The number of H-pyrrole nitrogens is 1. The molecule has 1 aliphatic heterocycles. The van der Waals surface area contributed by atoms with Crippen molar-refractivity contribution in [2.75, 3.05) is 7.11 Å². The van der Waals surface area contributed by atoms with Gasteiger partial charge in [0.05, 0.1) is 17.6 Å². The van der Waals surface area contributed by atoms with Gasteiger partial charge in [0.2, 0.25) is 0 Å². The predicted molar refractivity (Wildman–Crippen MR) is 135 cm³/mol. The van der Waals surface area contributed by atoms with Gasteiger partial charge in [-0.2, -0.15) is 0 Å². The van der Waals surface area contributed by atoms with Crippen LogP contribution in [0.5, 0.6) is 11.5 Å². The van der Waals surface area contributed by atoms with Gasteiger partial charge in [0, 0.05) is 6.42 Å². The lowest BCUT2D eigenvalue weighted by atomic mass is 9.77. The first-order valence-corrected chi connectivity index (χ1v) is 12.9. The van der Waals surface area contributed by atoms with Gasteiger partial charge in [0.1, 0.15) is 33.3 Å². The molecule has 3 aromatic rings. The Hall–Kier alpha value is -2.84. The molecule has 2 aromatic carbocycles. The molecule has 0 radical (unpaired) electrons. The summed E-state index contributed by atoms with van der Waals surface area (Å²) in [6.45, 7) is 0. The number of aliphatic hydroxyl groups excluding tert-OH is 1. The van der Waals surface area contributed by atoms with Crippen molar-refractivity contribution in [1.29, 1.82) is 0 Å². The van der Waals surface area contributed by atoms with E-state index in [9.17, 15) is 15.0 Å². The molecule has 0 amide bonds. The number of carbonyl (C=O) groups is 1.